The molecule has 1 unspecified atom stereocenters. The monoisotopic (exact) mass is 703 g/mol. The number of ketones is 5. The molecule has 41 heavy (non-hydrogen) atoms. The predicted octanol–water partition coefficient (Wildman–Crippen LogP) is 6.88. The normalized spacial score (nSPS) is 16.6. The molecule has 7 nitrogen and oxygen atoms in total. The van der Waals surface area contributed by atoms with Crippen molar-refractivity contribution in [2.75, 3.05) is 34.5 Å². The molecule has 0 heterocycles. The molecule has 0 aliphatic heterocycles. The van der Waals surface area contributed by atoms with Crippen molar-refractivity contribution in [1.82, 2.24) is 0 Å². The van der Waals surface area contributed by atoms with Gasteiger partial charge in [0, 0.05) is 70.5 Å². The summed E-state index contributed by atoms with van der Waals surface area (Å²) >= 11 is 0. The van der Waals surface area contributed by atoms with Gasteiger partial charge in [-0.1, -0.05) is 92.5 Å². The first-order chi connectivity index (χ1) is 19.1. The van der Waals surface area contributed by atoms with E-state index in [0.29, 0.717) is 34.5 Å². The quantitative estimate of drug-likeness (QED) is 0.0832. The fourth-order valence-electron chi connectivity index (χ4n) is 2.71. The molecule has 0 aliphatic rings. The first-order valence-electron chi connectivity index (χ1n) is 13.4. The van der Waals surface area contributed by atoms with Crippen molar-refractivity contribution in [3.8, 4) is 0 Å². The van der Waals surface area contributed by atoms with E-state index >= 15 is 0 Å². The third-order valence-electron chi connectivity index (χ3n) is 6.33. The Morgan fingerprint density at radius 3 is 1.34 bits per heavy atom. The zero-order valence-electron chi connectivity index (χ0n) is 25.2. The Hall–Kier alpha value is 0.270. The SMILES string of the molecule is CC(=O)[C@H](CSSC[C@H](C)C(C)=O)CC(=O)[C@@H](C)CSSC[C@H](C)C(=O)S(=N)[C@@H](CSSC[C@H](C)C(C)=O)C(C)=O. The summed E-state index contributed by atoms with van der Waals surface area (Å²) in [5, 5.41) is -0.892. The fourth-order valence-corrected chi connectivity index (χ4v) is 13.1. The van der Waals surface area contributed by atoms with Crippen LogP contribution in [-0.4, -0.2) is 73.8 Å². The molecule has 0 radical (unpaired) electrons. The van der Waals surface area contributed by atoms with E-state index in [4.69, 9.17) is 4.78 Å². The minimum atomic E-state index is -1.45. The van der Waals surface area contributed by atoms with E-state index in [9.17, 15) is 28.8 Å². The van der Waals surface area contributed by atoms with Crippen LogP contribution < -0.4 is 0 Å². The highest BCUT2D eigenvalue weighted by Crippen LogP contribution is 2.31. The van der Waals surface area contributed by atoms with Crippen LogP contribution in [0.25, 0.3) is 0 Å². The fraction of sp³-hybridized carbons (Fsp3) is 0.778. The predicted molar refractivity (Wildman–Crippen MR) is 186 cm³/mol. The molecular formula is C27H45NO6S7. The third kappa shape index (κ3) is 18.0. The zero-order valence-corrected chi connectivity index (χ0v) is 30.9. The maximum absolute atomic E-state index is 12.9. The molecular weight excluding hydrogens is 659 g/mol. The Morgan fingerprint density at radius 2 is 0.927 bits per heavy atom. The van der Waals surface area contributed by atoms with E-state index in [-0.39, 0.29) is 70.0 Å². The van der Waals surface area contributed by atoms with E-state index in [0.717, 1.165) is 0 Å². The van der Waals surface area contributed by atoms with Crippen molar-refractivity contribution in [2.45, 2.75) is 67.1 Å². The van der Waals surface area contributed by atoms with Crippen molar-refractivity contribution >= 4 is 109 Å². The van der Waals surface area contributed by atoms with Crippen LogP contribution in [0.15, 0.2) is 0 Å². The van der Waals surface area contributed by atoms with Gasteiger partial charge in [-0.25, -0.2) is 0 Å². The van der Waals surface area contributed by atoms with Crippen molar-refractivity contribution in [1.29, 1.82) is 4.78 Å². The van der Waals surface area contributed by atoms with Crippen molar-refractivity contribution in [3.63, 3.8) is 0 Å². The van der Waals surface area contributed by atoms with Gasteiger partial charge >= 0.3 is 0 Å². The molecule has 0 saturated carbocycles. The van der Waals surface area contributed by atoms with Crippen molar-refractivity contribution in [2.24, 2.45) is 29.6 Å². The van der Waals surface area contributed by atoms with Crippen LogP contribution in [0.4, 0.5) is 0 Å². The van der Waals surface area contributed by atoms with E-state index in [2.05, 4.69) is 0 Å². The van der Waals surface area contributed by atoms with Gasteiger partial charge in [0.1, 0.15) is 28.9 Å². The van der Waals surface area contributed by atoms with Crippen LogP contribution in [0.5, 0.6) is 0 Å². The summed E-state index contributed by atoms with van der Waals surface area (Å²) in [5.74, 6) is 2.30. The van der Waals surface area contributed by atoms with E-state index < -0.39 is 15.9 Å². The Bertz CT molecular complexity index is 932. The number of hydrogen-bond donors (Lipinski definition) is 1. The van der Waals surface area contributed by atoms with Crippen LogP contribution in [-0.2, 0) is 39.5 Å². The number of carbonyl (C=O) groups excluding carboxylic acids is 6. The van der Waals surface area contributed by atoms with Gasteiger partial charge in [0.25, 0.3) is 0 Å². The van der Waals surface area contributed by atoms with Crippen LogP contribution in [0.3, 0.4) is 0 Å². The number of hydrogen-bond acceptors (Lipinski definition) is 13. The summed E-state index contributed by atoms with van der Waals surface area (Å²) in [6.07, 6.45) is 0.199. The minimum Gasteiger partial charge on any atom is -0.300 e. The lowest BCUT2D eigenvalue weighted by Gasteiger charge is -2.18. The smallest absolute Gasteiger partial charge is 0.203 e. The molecule has 0 aromatic rings. The topological polar surface area (TPSA) is 126 Å². The summed E-state index contributed by atoms with van der Waals surface area (Å²) in [6.45, 7) is 13.4. The second-order valence-corrected chi connectivity index (χ2v) is 19.6. The molecule has 0 aliphatic carbocycles. The van der Waals surface area contributed by atoms with E-state index in [1.165, 1.54) is 67.8 Å². The average molecular weight is 704 g/mol. The molecule has 0 spiro atoms. The highest BCUT2D eigenvalue weighted by Gasteiger charge is 2.28. The maximum atomic E-state index is 12.9. The van der Waals surface area contributed by atoms with Gasteiger partial charge in [0.15, 0.2) is 0 Å². The second-order valence-electron chi connectivity index (χ2n) is 10.3. The number of Topliss-reactive ketones (excluding diaryl/α,β-unsaturated/α-hetero) is 5. The van der Waals surface area contributed by atoms with Gasteiger partial charge in [-0.2, -0.15) is 0 Å². The van der Waals surface area contributed by atoms with E-state index in [1.807, 2.05) is 20.8 Å². The van der Waals surface area contributed by atoms with Gasteiger partial charge in [0.05, 0.1) is 5.25 Å². The van der Waals surface area contributed by atoms with Gasteiger partial charge in [-0.3, -0.25) is 33.5 Å². The molecule has 14 heteroatoms. The highest BCUT2D eigenvalue weighted by molar-refractivity contribution is 8.77. The van der Waals surface area contributed by atoms with Gasteiger partial charge in [-0.15, -0.1) is 0 Å². The largest absolute Gasteiger partial charge is 0.300 e. The molecule has 0 amide bonds. The molecule has 1 N–H and O–H groups in total. The van der Waals surface area contributed by atoms with Crippen LogP contribution in [0, 0.1) is 34.4 Å². The summed E-state index contributed by atoms with van der Waals surface area (Å²) in [5.41, 5.74) is 0. The Balaban J connectivity index is 4.56. The summed E-state index contributed by atoms with van der Waals surface area (Å²) in [6, 6.07) is 0. The lowest BCUT2D eigenvalue weighted by atomic mass is 9.95. The Morgan fingerprint density at radius 1 is 0.537 bits per heavy atom. The highest BCUT2D eigenvalue weighted by atomic mass is 33.1. The summed E-state index contributed by atoms with van der Waals surface area (Å²) < 4.78 is 8.46. The lowest BCUT2D eigenvalue weighted by Crippen LogP contribution is -2.33. The Kier molecular flexibility index (Phi) is 22.9. The standard InChI is InChI=1S/C27H45NO6S7/c1-16(20(5)29)10-35-39-14-24(22(7)31)9-25(33)18(3)12-37-38-13-19(4)27(34)41(28)26(23(8)32)15-40-36-11-17(2)21(6)30/h16-19,24,26,28H,9-15H2,1-8H3/t16-,17-,18-,19-,24-,26-,41?/m0/s1. The number of rotatable bonds is 24. The van der Waals surface area contributed by atoms with Gasteiger partial charge in [0.2, 0.25) is 5.12 Å². The average Bonchev–Trinajstić information content (AvgIpc) is 2.90. The van der Waals surface area contributed by atoms with Crippen molar-refractivity contribution in [3.05, 3.63) is 0 Å². The lowest BCUT2D eigenvalue weighted by molar-refractivity contribution is -0.127. The number of nitrogens with one attached hydrogen (secondary N) is 1. The van der Waals surface area contributed by atoms with Crippen LogP contribution >= 0.6 is 64.8 Å². The molecule has 0 bridgehead atoms. The molecule has 0 fully saturated rings. The molecule has 236 valence electrons. The first kappa shape index (κ1) is 41.3. The Labute approximate surface area is 272 Å². The van der Waals surface area contributed by atoms with Crippen LogP contribution in [0.1, 0.15) is 61.8 Å². The minimum absolute atomic E-state index is 0.00936. The maximum Gasteiger partial charge on any atom is 0.203 e. The zero-order chi connectivity index (χ0) is 31.7. The molecule has 0 aromatic carbocycles. The first-order valence-corrected chi connectivity index (χ1v) is 22.1. The molecule has 0 rings (SSSR count). The van der Waals surface area contributed by atoms with Gasteiger partial charge < -0.3 is 0 Å². The molecule has 7 atom stereocenters. The van der Waals surface area contributed by atoms with Gasteiger partial charge in [-0.05, 0) is 38.4 Å². The van der Waals surface area contributed by atoms with Crippen molar-refractivity contribution < 1.29 is 28.8 Å². The molecule has 0 aromatic heterocycles. The second kappa shape index (κ2) is 22.7. The summed E-state index contributed by atoms with van der Waals surface area (Å²) in [7, 11) is 7.55. The third-order valence-corrected chi connectivity index (χ3v) is 16.4. The summed E-state index contributed by atoms with van der Waals surface area (Å²) in [4.78, 5) is 72.7. The number of carbonyl (C=O) groups is 6. The van der Waals surface area contributed by atoms with E-state index in [1.54, 1.807) is 31.6 Å². The van der Waals surface area contributed by atoms with Crippen LogP contribution in [0.2, 0.25) is 0 Å². The molecule has 0 saturated heterocycles.